The van der Waals surface area contributed by atoms with Gasteiger partial charge < -0.3 is 19.3 Å². The normalized spacial score (nSPS) is 21.0. The van der Waals surface area contributed by atoms with Crippen molar-refractivity contribution in [2.45, 2.75) is 19.3 Å². The third-order valence-electron chi connectivity index (χ3n) is 6.29. The Morgan fingerprint density at radius 3 is 2.21 bits per heavy atom. The van der Waals surface area contributed by atoms with Gasteiger partial charge in [-0.3, -0.25) is 9.59 Å². The first-order chi connectivity index (χ1) is 15.9. The first-order valence-corrected chi connectivity index (χ1v) is 11.2. The maximum absolute atomic E-state index is 13.3. The minimum atomic E-state index is -0.586. The van der Waals surface area contributed by atoms with Gasteiger partial charge >= 0.3 is 0 Å². The molecule has 1 atom stereocenters. The SMILES string of the molecule is O=C(C[C@]1(COc2ccc(F)cc2)CCCN(C(=O)c2ccc(F)cc2)C1)N1CCOCC1. The summed E-state index contributed by atoms with van der Waals surface area (Å²) in [6.07, 6.45) is 1.68. The smallest absolute Gasteiger partial charge is 0.253 e. The Labute approximate surface area is 192 Å². The van der Waals surface area contributed by atoms with E-state index in [0.29, 0.717) is 50.7 Å². The zero-order valence-corrected chi connectivity index (χ0v) is 18.5. The van der Waals surface area contributed by atoms with Crippen LogP contribution in [0.15, 0.2) is 48.5 Å². The molecule has 2 aromatic rings. The van der Waals surface area contributed by atoms with Gasteiger partial charge in [0, 0.05) is 43.6 Å². The van der Waals surface area contributed by atoms with Gasteiger partial charge in [0.15, 0.2) is 0 Å². The van der Waals surface area contributed by atoms with Crippen LogP contribution in [0.1, 0.15) is 29.6 Å². The summed E-state index contributed by atoms with van der Waals surface area (Å²) in [6.45, 7) is 3.25. The van der Waals surface area contributed by atoms with Crippen molar-refractivity contribution in [3.8, 4) is 5.75 Å². The number of piperidine rings is 1. The quantitative estimate of drug-likeness (QED) is 0.665. The molecule has 0 spiro atoms. The average molecular weight is 459 g/mol. The molecule has 2 aliphatic heterocycles. The number of likely N-dealkylation sites (tertiary alicyclic amines) is 1. The molecule has 6 nitrogen and oxygen atoms in total. The first-order valence-electron chi connectivity index (χ1n) is 11.2. The van der Waals surface area contributed by atoms with Gasteiger partial charge in [0.25, 0.3) is 5.91 Å². The van der Waals surface area contributed by atoms with Crippen molar-refractivity contribution in [1.29, 1.82) is 0 Å². The van der Waals surface area contributed by atoms with Crippen molar-refractivity contribution in [3.05, 3.63) is 65.7 Å². The number of ether oxygens (including phenoxy) is 2. The lowest BCUT2D eigenvalue weighted by Crippen LogP contribution is -2.52. The Kier molecular flexibility index (Phi) is 7.23. The van der Waals surface area contributed by atoms with E-state index in [0.717, 1.165) is 12.8 Å². The van der Waals surface area contributed by atoms with Crippen LogP contribution in [0, 0.1) is 17.0 Å². The van der Waals surface area contributed by atoms with Gasteiger partial charge in [-0.1, -0.05) is 0 Å². The predicted molar refractivity (Wildman–Crippen MR) is 118 cm³/mol. The van der Waals surface area contributed by atoms with E-state index in [1.807, 2.05) is 0 Å². The number of amides is 2. The highest BCUT2D eigenvalue weighted by Gasteiger charge is 2.41. The Bertz CT molecular complexity index is 961. The Morgan fingerprint density at radius 1 is 0.909 bits per heavy atom. The van der Waals surface area contributed by atoms with E-state index in [4.69, 9.17) is 9.47 Å². The highest BCUT2D eigenvalue weighted by Crippen LogP contribution is 2.36. The van der Waals surface area contributed by atoms with Crippen LogP contribution in [0.3, 0.4) is 0 Å². The summed E-state index contributed by atoms with van der Waals surface area (Å²) in [7, 11) is 0. The average Bonchev–Trinajstić information content (AvgIpc) is 2.84. The molecule has 2 heterocycles. The maximum atomic E-state index is 13.3. The molecule has 176 valence electrons. The van der Waals surface area contributed by atoms with Gasteiger partial charge in [-0.2, -0.15) is 0 Å². The molecule has 8 heteroatoms. The summed E-state index contributed by atoms with van der Waals surface area (Å²) >= 11 is 0. The molecule has 0 saturated carbocycles. The highest BCUT2D eigenvalue weighted by atomic mass is 19.1. The zero-order chi connectivity index (χ0) is 23.3. The van der Waals surface area contributed by atoms with Gasteiger partial charge in [-0.15, -0.1) is 0 Å². The molecular formula is C25H28F2N2O4. The molecule has 0 bridgehead atoms. The first kappa shape index (κ1) is 23.2. The van der Waals surface area contributed by atoms with Crippen LogP contribution in [0.4, 0.5) is 8.78 Å². The second kappa shape index (κ2) is 10.3. The molecule has 0 aromatic heterocycles. The summed E-state index contributed by atoms with van der Waals surface area (Å²) in [6, 6.07) is 11.2. The van der Waals surface area contributed by atoms with Crippen LogP contribution in [0.25, 0.3) is 0 Å². The number of morpholine rings is 1. The van der Waals surface area contributed by atoms with Gasteiger partial charge in [-0.05, 0) is 61.4 Å². The number of carbonyl (C=O) groups excluding carboxylic acids is 2. The Hall–Kier alpha value is -3.00. The van der Waals surface area contributed by atoms with E-state index in [9.17, 15) is 18.4 Å². The number of benzene rings is 2. The highest BCUT2D eigenvalue weighted by molar-refractivity contribution is 5.94. The van der Waals surface area contributed by atoms with Gasteiger partial charge in [0.1, 0.15) is 17.4 Å². The van der Waals surface area contributed by atoms with Crippen molar-refractivity contribution in [2.24, 2.45) is 5.41 Å². The summed E-state index contributed by atoms with van der Waals surface area (Å²) in [4.78, 5) is 29.8. The zero-order valence-electron chi connectivity index (χ0n) is 18.5. The lowest BCUT2D eigenvalue weighted by molar-refractivity contribution is -0.139. The van der Waals surface area contributed by atoms with Crippen LogP contribution in [0.5, 0.6) is 5.75 Å². The van der Waals surface area contributed by atoms with Gasteiger partial charge in [-0.25, -0.2) is 8.78 Å². The second-order valence-corrected chi connectivity index (χ2v) is 8.75. The molecule has 0 N–H and O–H groups in total. The third kappa shape index (κ3) is 5.87. The molecule has 0 aliphatic carbocycles. The number of halogens is 2. The minimum Gasteiger partial charge on any atom is -0.493 e. The Morgan fingerprint density at radius 2 is 1.55 bits per heavy atom. The summed E-state index contributed by atoms with van der Waals surface area (Å²) in [5, 5.41) is 0. The van der Waals surface area contributed by atoms with E-state index in [1.54, 1.807) is 21.9 Å². The van der Waals surface area contributed by atoms with Crippen LogP contribution in [-0.4, -0.2) is 67.6 Å². The molecule has 2 aromatic carbocycles. The molecule has 2 saturated heterocycles. The lowest BCUT2D eigenvalue weighted by Gasteiger charge is -2.43. The van der Waals surface area contributed by atoms with Crippen molar-refractivity contribution in [1.82, 2.24) is 9.80 Å². The monoisotopic (exact) mass is 458 g/mol. The summed E-state index contributed by atoms with van der Waals surface area (Å²) in [5.74, 6) is -0.426. The molecular weight excluding hydrogens is 430 g/mol. The van der Waals surface area contributed by atoms with Crippen molar-refractivity contribution in [2.75, 3.05) is 46.0 Å². The number of hydrogen-bond donors (Lipinski definition) is 0. The van der Waals surface area contributed by atoms with Crippen LogP contribution < -0.4 is 4.74 Å². The van der Waals surface area contributed by atoms with E-state index >= 15 is 0 Å². The second-order valence-electron chi connectivity index (χ2n) is 8.75. The van der Waals surface area contributed by atoms with Gasteiger partial charge in [0.2, 0.25) is 5.91 Å². The number of rotatable bonds is 6. The topological polar surface area (TPSA) is 59.1 Å². The largest absolute Gasteiger partial charge is 0.493 e. The third-order valence-corrected chi connectivity index (χ3v) is 6.29. The Balaban J connectivity index is 1.52. The molecule has 0 unspecified atom stereocenters. The van der Waals surface area contributed by atoms with E-state index in [1.165, 1.54) is 36.4 Å². The fourth-order valence-electron chi connectivity index (χ4n) is 4.48. The van der Waals surface area contributed by atoms with Crippen LogP contribution >= 0.6 is 0 Å². The fourth-order valence-corrected chi connectivity index (χ4v) is 4.48. The predicted octanol–water partition coefficient (Wildman–Crippen LogP) is 3.52. The van der Waals surface area contributed by atoms with E-state index in [-0.39, 0.29) is 30.7 Å². The number of hydrogen-bond acceptors (Lipinski definition) is 4. The van der Waals surface area contributed by atoms with E-state index < -0.39 is 11.2 Å². The molecule has 2 amide bonds. The van der Waals surface area contributed by atoms with Crippen molar-refractivity contribution in [3.63, 3.8) is 0 Å². The molecule has 2 fully saturated rings. The maximum Gasteiger partial charge on any atom is 0.253 e. The summed E-state index contributed by atoms with van der Waals surface area (Å²) < 4.78 is 37.9. The summed E-state index contributed by atoms with van der Waals surface area (Å²) in [5.41, 5.74) is -0.177. The fraction of sp³-hybridized carbons (Fsp3) is 0.440. The minimum absolute atomic E-state index is 0.0112. The van der Waals surface area contributed by atoms with Gasteiger partial charge in [0.05, 0.1) is 19.8 Å². The van der Waals surface area contributed by atoms with Crippen LogP contribution in [-0.2, 0) is 9.53 Å². The molecule has 0 radical (unpaired) electrons. The lowest BCUT2D eigenvalue weighted by atomic mass is 9.77. The van der Waals surface area contributed by atoms with Crippen LogP contribution in [0.2, 0.25) is 0 Å². The molecule has 33 heavy (non-hydrogen) atoms. The molecule has 2 aliphatic rings. The van der Waals surface area contributed by atoms with Crippen molar-refractivity contribution < 1.29 is 27.8 Å². The standard InChI is InChI=1S/C25H28F2N2O4/c26-20-4-2-19(3-5-20)24(31)29-11-1-10-25(17-29,16-23(30)28-12-14-32-15-13-28)18-33-22-8-6-21(27)7-9-22/h2-9H,1,10-18H2/t25-/m1/s1. The number of carbonyl (C=O) groups is 2. The van der Waals surface area contributed by atoms with E-state index in [2.05, 4.69) is 0 Å². The number of nitrogens with zero attached hydrogens (tertiary/aromatic N) is 2. The van der Waals surface area contributed by atoms with Crippen molar-refractivity contribution >= 4 is 11.8 Å². The molecule has 4 rings (SSSR count).